The Morgan fingerprint density at radius 3 is 2.65 bits per heavy atom. The second kappa shape index (κ2) is 7.11. The summed E-state index contributed by atoms with van der Waals surface area (Å²) < 4.78 is 18.9. The largest absolute Gasteiger partial charge is 0.457 e. The second-order valence-electron chi connectivity index (χ2n) is 6.28. The molecule has 1 aromatic carbocycles. The van der Waals surface area contributed by atoms with Gasteiger partial charge in [0, 0.05) is 12.4 Å². The van der Waals surface area contributed by atoms with Gasteiger partial charge in [-0.15, -0.1) is 0 Å². The first-order chi connectivity index (χ1) is 10.8. The molecular formula is C18H19ClFNO2. The molecule has 0 radical (unpaired) electrons. The van der Waals surface area contributed by atoms with Gasteiger partial charge < -0.3 is 9.84 Å². The lowest BCUT2D eigenvalue weighted by Crippen LogP contribution is -2.30. The predicted molar refractivity (Wildman–Crippen MR) is 89.7 cm³/mol. The van der Waals surface area contributed by atoms with Crippen molar-refractivity contribution in [2.45, 2.75) is 26.9 Å². The van der Waals surface area contributed by atoms with Gasteiger partial charge in [0.15, 0.2) is 0 Å². The molecular weight excluding hydrogens is 317 g/mol. The van der Waals surface area contributed by atoms with Crippen molar-refractivity contribution in [3.63, 3.8) is 0 Å². The summed E-state index contributed by atoms with van der Waals surface area (Å²) >= 11 is 6.01. The first-order valence-electron chi connectivity index (χ1n) is 7.20. The van der Waals surface area contributed by atoms with Gasteiger partial charge >= 0.3 is 0 Å². The summed E-state index contributed by atoms with van der Waals surface area (Å²) in [4.78, 5) is 4.04. The van der Waals surface area contributed by atoms with Gasteiger partial charge in [-0.25, -0.2) is 4.39 Å². The molecule has 1 atom stereocenters. The Hall–Kier alpha value is -1.91. The Labute approximate surface area is 140 Å². The molecule has 0 spiro atoms. The maximum Gasteiger partial charge on any atom is 0.145 e. The molecule has 2 rings (SSSR count). The van der Waals surface area contributed by atoms with Crippen molar-refractivity contribution in [3.8, 4) is 5.75 Å². The average Bonchev–Trinajstić information content (AvgIpc) is 2.48. The normalized spacial score (nSPS) is 13.7. The fraction of sp³-hybridized carbons (Fsp3) is 0.278. The number of rotatable bonds is 4. The highest BCUT2D eigenvalue weighted by Gasteiger charge is 2.28. The van der Waals surface area contributed by atoms with Crippen LogP contribution in [0.3, 0.4) is 0 Å². The molecule has 0 aliphatic heterocycles. The molecule has 23 heavy (non-hydrogen) atoms. The summed E-state index contributed by atoms with van der Waals surface area (Å²) in [5, 5.41) is 10.7. The third-order valence-corrected chi connectivity index (χ3v) is 3.50. The highest BCUT2D eigenvalue weighted by atomic mass is 35.5. The summed E-state index contributed by atoms with van der Waals surface area (Å²) in [6.07, 6.45) is 4.14. The van der Waals surface area contributed by atoms with Crippen LogP contribution in [0.5, 0.6) is 5.75 Å². The number of hydrogen-bond acceptors (Lipinski definition) is 3. The van der Waals surface area contributed by atoms with E-state index < -0.39 is 17.3 Å². The minimum atomic E-state index is -0.871. The number of benzene rings is 1. The van der Waals surface area contributed by atoms with Crippen LogP contribution in [0.15, 0.2) is 48.5 Å². The fourth-order valence-electron chi connectivity index (χ4n) is 1.90. The Bertz CT molecular complexity index is 696. The number of nitrogens with zero attached hydrogens (tertiary/aromatic N) is 1. The van der Waals surface area contributed by atoms with Gasteiger partial charge in [0.2, 0.25) is 0 Å². The highest BCUT2D eigenvalue weighted by Crippen LogP contribution is 2.32. The first-order valence-corrected chi connectivity index (χ1v) is 7.58. The minimum absolute atomic E-state index is 0.142. The Morgan fingerprint density at radius 1 is 1.35 bits per heavy atom. The van der Waals surface area contributed by atoms with Crippen molar-refractivity contribution < 1.29 is 14.2 Å². The average molecular weight is 336 g/mol. The summed E-state index contributed by atoms with van der Waals surface area (Å²) in [5.74, 6) is 0.155. The van der Waals surface area contributed by atoms with Crippen LogP contribution in [0.25, 0.3) is 6.08 Å². The van der Waals surface area contributed by atoms with E-state index in [4.69, 9.17) is 16.3 Å². The van der Waals surface area contributed by atoms with Crippen LogP contribution in [-0.4, -0.2) is 16.2 Å². The van der Waals surface area contributed by atoms with Crippen molar-refractivity contribution >= 4 is 17.7 Å². The number of hydrogen-bond donors (Lipinski definition) is 1. The molecule has 5 heteroatoms. The van der Waals surface area contributed by atoms with E-state index in [2.05, 4.69) is 4.98 Å². The van der Waals surface area contributed by atoms with Gasteiger partial charge in [0.1, 0.15) is 23.4 Å². The van der Waals surface area contributed by atoms with Crippen molar-refractivity contribution in [2.24, 2.45) is 5.41 Å². The number of ether oxygens (including phenoxy) is 1. The Kier molecular flexibility index (Phi) is 5.39. The van der Waals surface area contributed by atoms with Crippen molar-refractivity contribution in [2.75, 3.05) is 0 Å². The van der Waals surface area contributed by atoms with Gasteiger partial charge in [-0.3, -0.25) is 4.98 Å². The van der Waals surface area contributed by atoms with Crippen molar-refractivity contribution in [1.29, 1.82) is 0 Å². The third kappa shape index (κ3) is 4.78. The lowest BCUT2D eigenvalue weighted by molar-refractivity contribution is 0.0641. The minimum Gasteiger partial charge on any atom is -0.457 e. The zero-order chi connectivity index (χ0) is 17.0. The standard InChI is InChI=1S/C18H19ClFNO2/c1-18(2,3)17(22)16(9-12-5-4-8-21-11-12)23-15-7-6-13(20)10-14(15)19/h4-11,17,22H,1-3H3/b16-9+. The highest BCUT2D eigenvalue weighted by molar-refractivity contribution is 6.32. The third-order valence-electron chi connectivity index (χ3n) is 3.20. The number of aliphatic hydroxyl groups excluding tert-OH is 1. The molecule has 0 bridgehead atoms. The smallest absolute Gasteiger partial charge is 0.145 e. The summed E-state index contributed by atoms with van der Waals surface area (Å²) in [6, 6.07) is 7.49. The molecule has 0 aliphatic rings. The monoisotopic (exact) mass is 335 g/mol. The molecule has 122 valence electrons. The molecule has 0 aliphatic carbocycles. The van der Waals surface area contributed by atoms with Gasteiger partial charge in [-0.1, -0.05) is 38.4 Å². The van der Waals surface area contributed by atoms with E-state index in [0.717, 1.165) is 5.56 Å². The van der Waals surface area contributed by atoms with E-state index >= 15 is 0 Å². The maximum atomic E-state index is 13.2. The number of aromatic nitrogens is 1. The van der Waals surface area contributed by atoms with Crippen LogP contribution in [0.1, 0.15) is 26.3 Å². The number of aliphatic hydroxyl groups is 1. The van der Waals surface area contributed by atoms with Crippen molar-refractivity contribution in [1.82, 2.24) is 4.98 Å². The first kappa shape index (κ1) is 17.4. The van der Waals surface area contributed by atoms with Gasteiger partial charge in [-0.05, 0) is 41.3 Å². The molecule has 1 unspecified atom stereocenters. The van der Waals surface area contributed by atoms with Crippen LogP contribution in [-0.2, 0) is 0 Å². The Balaban J connectivity index is 2.39. The van der Waals surface area contributed by atoms with E-state index in [-0.39, 0.29) is 10.8 Å². The molecule has 1 heterocycles. The van der Waals surface area contributed by atoms with E-state index in [1.807, 2.05) is 26.8 Å². The van der Waals surface area contributed by atoms with Crippen LogP contribution < -0.4 is 4.74 Å². The fourth-order valence-corrected chi connectivity index (χ4v) is 2.11. The van der Waals surface area contributed by atoms with Crippen LogP contribution in [0.4, 0.5) is 4.39 Å². The molecule has 0 saturated heterocycles. The second-order valence-corrected chi connectivity index (χ2v) is 6.69. The zero-order valence-corrected chi connectivity index (χ0v) is 14.0. The van der Waals surface area contributed by atoms with Gasteiger partial charge in [0.25, 0.3) is 0 Å². The Morgan fingerprint density at radius 2 is 2.09 bits per heavy atom. The van der Waals surface area contributed by atoms with E-state index in [9.17, 15) is 9.50 Å². The molecule has 1 N–H and O–H groups in total. The van der Waals surface area contributed by atoms with Crippen molar-refractivity contribution in [3.05, 3.63) is 64.9 Å². The lowest BCUT2D eigenvalue weighted by atomic mass is 9.87. The summed E-state index contributed by atoms with van der Waals surface area (Å²) in [7, 11) is 0. The topological polar surface area (TPSA) is 42.4 Å². The van der Waals surface area contributed by atoms with E-state index in [1.165, 1.54) is 18.2 Å². The molecule has 2 aromatic rings. The molecule has 0 amide bonds. The van der Waals surface area contributed by atoms with Crippen LogP contribution in [0.2, 0.25) is 5.02 Å². The van der Waals surface area contributed by atoms with E-state index in [1.54, 1.807) is 24.5 Å². The maximum absolute atomic E-state index is 13.2. The van der Waals surface area contributed by atoms with E-state index in [0.29, 0.717) is 5.76 Å². The van der Waals surface area contributed by atoms with Crippen LogP contribution in [0, 0.1) is 11.2 Å². The van der Waals surface area contributed by atoms with Gasteiger partial charge in [0.05, 0.1) is 5.02 Å². The summed E-state index contributed by atoms with van der Waals surface area (Å²) in [5.41, 5.74) is 0.338. The van der Waals surface area contributed by atoms with Gasteiger partial charge in [-0.2, -0.15) is 0 Å². The lowest BCUT2D eigenvalue weighted by Gasteiger charge is -2.28. The molecule has 3 nitrogen and oxygen atoms in total. The predicted octanol–water partition coefficient (Wildman–Crippen LogP) is 4.70. The zero-order valence-electron chi connectivity index (χ0n) is 13.3. The summed E-state index contributed by atoms with van der Waals surface area (Å²) in [6.45, 7) is 5.68. The number of halogens is 2. The molecule has 1 aromatic heterocycles. The SMILES string of the molecule is CC(C)(C)C(O)/C(=C\c1cccnc1)Oc1ccc(F)cc1Cl. The van der Waals surface area contributed by atoms with Crippen LogP contribution >= 0.6 is 11.6 Å². The molecule has 0 fully saturated rings. The molecule has 0 saturated carbocycles. The number of pyridine rings is 1. The quantitative estimate of drug-likeness (QED) is 0.823.